The molecule has 0 saturated carbocycles. The van der Waals surface area contributed by atoms with Crippen molar-refractivity contribution in [3.63, 3.8) is 0 Å². The summed E-state index contributed by atoms with van der Waals surface area (Å²) in [6.45, 7) is 12.6. The number of furan rings is 1. The molecule has 2 unspecified atom stereocenters. The van der Waals surface area contributed by atoms with E-state index >= 15 is 0 Å². The summed E-state index contributed by atoms with van der Waals surface area (Å²) >= 11 is 0. The van der Waals surface area contributed by atoms with Crippen molar-refractivity contribution in [2.75, 3.05) is 26.2 Å². The summed E-state index contributed by atoms with van der Waals surface area (Å²) in [7, 11) is 0. The van der Waals surface area contributed by atoms with E-state index in [-0.39, 0.29) is 11.6 Å². The summed E-state index contributed by atoms with van der Waals surface area (Å²) in [6.07, 6.45) is 2.03. The lowest BCUT2D eigenvalue weighted by atomic mass is 10.1. The van der Waals surface area contributed by atoms with E-state index in [9.17, 15) is 0 Å². The fourth-order valence-electron chi connectivity index (χ4n) is 2.83. The van der Waals surface area contributed by atoms with Gasteiger partial charge < -0.3 is 14.5 Å². The Hall–Kier alpha value is -0.840. The number of nitrogens with one attached hydrogen (secondary N) is 1. The first-order valence-corrected chi connectivity index (χ1v) is 7.13. The van der Waals surface area contributed by atoms with Crippen LogP contribution in [0.5, 0.6) is 0 Å². The third-order valence-corrected chi connectivity index (χ3v) is 3.49. The lowest BCUT2D eigenvalue weighted by molar-refractivity contribution is -0.128. The van der Waals surface area contributed by atoms with Gasteiger partial charge in [0.15, 0.2) is 0 Å². The van der Waals surface area contributed by atoms with E-state index < -0.39 is 0 Å². The van der Waals surface area contributed by atoms with Crippen LogP contribution in [0.4, 0.5) is 0 Å². The average Bonchev–Trinajstić information content (AvgIpc) is 2.79. The van der Waals surface area contributed by atoms with Gasteiger partial charge in [0, 0.05) is 26.2 Å². The van der Waals surface area contributed by atoms with Gasteiger partial charge in [0.05, 0.1) is 24.0 Å². The summed E-state index contributed by atoms with van der Waals surface area (Å²) in [4.78, 5) is 2.47. The highest BCUT2D eigenvalue weighted by Crippen LogP contribution is 2.20. The quantitative estimate of drug-likeness (QED) is 0.888. The van der Waals surface area contributed by atoms with Crippen LogP contribution in [0, 0.1) is 0 Å². The van der Waals surface area contributed by atoms with Crippen LogP contribution in [0.25, 0.3) is 0 Å². The van der Waals surface area contributed by atoms with Crippen molar-refractivity contribution in [1.29, 1.82) is 0 Å². The van der Waals surface area contributed by atoms with E-state index in [1.807, 2.05) is 12.1 Å². The van der Waals surface area contributed by atoms with Crippen molar-refractivity contribution in [1.82, 2.24) is 10.2 Å². The molecule has 2 atom stereocenters. The van der Waals surface area contributed by atoms with Gasteiger partial charge in [-0.05, 0) is 39.8 Å². The van der Waals surface area contributed by atoms with Gasteiger partial charge >= 0.3 is 0 Å². The van der Waals surface area contributed by atoms with E-state index in [1.165, 1.54) is 0 Å². The molecule has 1 aliphatic rings. The van der Waals surface area contributed by atoms with Gasteiger partial charge in [-0.1, -0.05) is 0 Å². The highest BCUT2D eigenvalue weighted by Gasteiger charge is 2.30. The lowest BCUT2D eigenvalue weighted by Crippen LogP contribution is -2.53. The maximum absolute atomic E-state index is 5.91. The maximum Gasteiger partial charge on any atom is 0.120 e. The Morgan fingerprint density at radius 2 is 2.32 bits per heavy atom. The standard InChI is InChI=1S/C15H26N2O2/c1-12-10-17(11-15(3,4)19-12)8-7-16-13(2)14-6-5-9-18-14/h5-6,9,12-13,16H,7-8,10-11H2,1-4H3. The Balaban J connectivity index is 1.73. The molecule has 0 bridgehead atoms. The molecule has 0 spiro atoms. The highest BCUT2D eigenvalue weighted by molar-refractivity contribution is 5.02. The first-order chi connectivity index (χ1) is 8.96. The van der Waals surface area contributed by atoms with Crippen molar-refractivity contribution in [2.24, 2.45) is 0 Å². The van der Waals surface area contributed by atoms with Crippen LogP contribution in [0.15, 0.2) is 22.8 Å². The van der Waals surface area contributed by atoms with Gasteiger partial charge in [-0.25, -0.2) is 0 Å². The largest absolute Gasteiger partial charge is 0.468 e. The fraction of sp³-hybridized carbons (Fsp3) is 0.733. The van der Waals surface area contributed by atoms with Gasteiger partial charge in [-0.15, -0.1) is 0 Å². The molecule has 108 valence electrons. The molecule has 1 fully saturated rings. The zero-order valence-electron chi connectivity index (χ0n) is 12.5. The van der Waals surface area contributed by atoms with Gasteiger partial charge in [-0.3, -0.25) is 4.90 Å². The van der Waals surface area contributed by atoms with E-state index in [2.05, 4.69) is 37.9 Å². The predicted octanol–water partition coefficient (Wildman–Crippen LogP) is 2.43. The normalized spacial score (nSPS) is 25.4. The van der Waals surface area contributed by atoms with Gasteiger partial charge in [0.25, 0.3) is 0 Å². The van der Waals surface area contributed by atoms with E-state index in [0.29, 0.717) is 6.10 Å². The molecule has 4 nitrogen and oxygen atoms in total. The Kier molecular flexibility index (Phi) is 4.66. The summed E-state index contributed by atoms with van der Waals surface area (Å²) < 4.78 is 11.3. The average molecular weight is 266 g/mol. The number of nitrogens with zero attached hydrogens (tertiary/aromatic N) is 1. The molecule has 0 aliphatic carbocycles. The van der Waals surface area contributed by atoms with Crippen molar-refractivity contribution < 1.29 is 9.15 Å². The van der Waals surface area contributed by atoms with Crippen molar-refractivity contribution in [2.45, 2.75) is 45.4 Å². The van der Waals surface area contributed by atoms with E-state index in [4.69, 9.17) is 9.15 Å². The van der Waals surface area contributed by atoms with Crippen molar-refractivity contribution >= 4 is 0 Å². The minimum absolute atomic E-state index is 0.0374. The van der Waals surface area contributed by atoms with Crippen LogP contribution in [-0.4, -0.2) is 42.8 Å². The fourth-order valence-corrected chi connectivity index (χ4v) is 2.83. The molecule has 2 rings (SSSR count). The molecule has 1 aromatic heterocycles. The monoisotopic (exact) mass is 266 g/mol. The van der Waals surface area contributed by atoms with Crippen LogP contribution in [0.2, 0.25) is 0 Å². The number of ether oxygens (including phenoxy) is 1. The first kappa shape index (κ1) is 14.6. The second-order valence-corrected chi connectivity index (χ2v) is 6.11. The van der Waals surface area contributed by atoms with Crippen molar-refractivity contribution in [3.8, 4) is 0 Å². The number of rotatable bonds is 5. The highest BCUT2D eigenvalue weighted by atomic mass is 16.5. The van der Waals surface area contributed by atoms with Crippen molar-refractivity contribution in [3.05, 3.63) is 24.2 Å². The van der Waals surface area contributed by atoms with Crippen LogP contribution >= 0.6 is 0 Å². The maximum atomic E-state index is 5.91. The predicted molar refractivity (Wildman–Crippen MR) is 76.2 cm³/mol. The lowest BCUT2D eigenvalue weighted by Gasteiger charge is -2.41. The third kappa shape index (κ3) is 4.34. The smallest absolute Gasteiger partial charge is 0.120 e. The molecular weight excluding hydrogens is 240 g/mol. The summed E-state index contributed by atoms with van der Waals surface area (Å²) in [5.74, 6) is 0.996. The van der Waals surface area contributed by atoms with Crippen LogP contribution in [0.1, 0.15) is 39.5 Å². The molecule has 0 amide bonds. The molecule has 0 aromatic carbocycles. The molecule has 4 heteroatoms. The molecule has 1 saturated heterocycles. The minimum atomic E-state index is -0.0374. The third-order valence-electron chi connectivity index (χ3n) is 3.49. The van der Waals surface area contributed by atoms with Gasteiger partial charge in [0.2, 0.25) is 0 Å². The molecule has 1 N–H and O–H groups in total. The summed E-state index contributed by atoms with van der Waals surface area (Å²) in [5.41, 5.74) is -0.0374. The second kappa shape index (κ2) is 6.07. The van der Waals surface area contributed by atoms with E-state index in [0.717, 1.165) is 31.9 Å². The summed E-state index contributed by atoms with van der Waals surface area (Å²) in [6, 6.07) is 4.21. The Morgan fingerprint density at radius 3 is 2.95 bits per heavy atom. The Labute approximate surface area is 116 Å². The molecule has 0 radical (unpaired) electrons. The Morgan fingerprint density at radius 1 is 1.53 bits per heavy atom. The van der Waals surface area contributed by atoms with E-state index in [1.54, 1.807) is 6.26 Å². The van der Waals surface area contributed by atoms with Gasteiger partial charge in [0.1, 0.15) is 5.76 Å². The molecule has 2 heterocycles. The molecular formula is C15H26N2O2. The molecule has 19 heavy (non-hydrogen) atoms. The summed E-state index contributed by atoms with van der Waals surface area (Å²) in [5, 5.41) is 3.50. The van der Waals surface area contributed by atoms with Crippen LogP contribution in [-0.2, 0) is 4.74 Å². The zero-order valence-corrected chi connectivity index (χ0v) is 12.5. The molecule has 1 aromatic rings. The van der Waals surface area contributed by atoms with Gasteiger partial charge in [-0.2, -0.15) is 0 Å². The number of morpholine rings is 1. The topological polar surface area (TPSA) is 37.6 Å². The van der Waals surface area contributed by atoms with Crippen LogP contribution in [0.3, 0.4) is 0 Å². The minimum Gasteiger partial charge on any atom is -0.468 e. The Bertz CT molecular complexity index is 376. The number of hydrogen-bond donors (Lipinski definition) is 1. The zero-order chi connectivity index (χ0) is 13.9. The first-order valence-electron chi connectivity index (χ1n) is 7.13. The number of hydrogen-bond acceptors (Lipinski definition) is 4. The molecule has 1 aliphatic heterocycles. The van der Waals surface area contributed by atoms with Crippen LogP contribution < -0.4 is 5.32 Å². The second-order valence-electron chi connectivity index (χ2n) is 6.11. The SMILES string of the molecule is CC1CN(CCNC(C)c2ccco2)CC(C)(C)O1.